The Morgan fingerprint density at radius 2 is 2.07 bits per heavy atom. The van der Waals surface area contributed by atoms with Crippen LogP contribution in [0.1, 0.15) is 16.1 Å². The van der Waals surface area contributed by atoms with Gasteiger partial charge in [-0.2, -0.15) is 5.26 Å². The Labute approximate surface area is 167 Å². The zero-order chi connectivity index (χ0) is 20.2. The average Bonchev–Trinajstić information content (AvgIpc) is 3.40. The third-order valence-electron chi connectivity index (χ3n) is 4.52. The van der Waals surface area contributed by atoms with Crippen molar-refractivity contribution in [3.8, 4) is 17.4 Å². The second-order valence-electron chi connectivity index (χ2n) is 6.42. The van der Waals surface area contributed by atoms with Gasteiger partial charge in [0.2, 0.25) is 0 Å². The number of esters is 1. The number of methoxy groups -OCH3 is 1. The maximum absolute atomic E-state index is 11.7. The van der Waals surface area contributed by atoms with Gasteiger partial charge < -0.3 is 13.7 Å². The number of aromatic nitrogens is 2. The highest BCUT2D eigenvalue weighted by molar-refractivity contribution is 5.90. The van der Waals surface area contributed by atoms with Crippen LogP contribution in [-0.2, 0) is 11.3 Å². The molecule has 0 spiro atoms. The van der Waals surface area contributed by atoms with Gasteiger partial charge in [0.15, 0.2) is 0 Å². The fourth-order valence-corrected chi connectivity index (χ4v) is 3.11. The lowest BCUT2D eigenvalue weighted by Crippen LogP contribution is -2.00. The Balaban J connectivity index is 1.59. The lowest BCUT2D eigenvalue weighted by molar-refractivity contribution is 0.0601. The zero-order valence-electron chi connectivity index (χ0n) is 15.7. The van der Waals surface area contributed by atoms with E-state index in [1.54, 1.807) is 36.7 Å². The summed E-state index contributed by atoms with van der Waals surface area (Å²) >= 11 is 0. The van der Waals surface area contributed by atoms with E-state index >= 15 is 0 Å². The minimum Gasteiger partial charge on any atom is -0.465 e. The average molecular weight is 383 g/mol. The number of fused-ring (bicyclic) bond motifs is 1. The number of para-hydroxylation sites is 2. The second-order valence-corrected chi connectivity index (χ2v) is 6.42. The van der Waals surface area contributed by atoms with Crippen molar-refractivity contribution < 1.29 is 13.9 Å². The molecule has 0 unspecified atom stereocenters. The van der Waals surface area contributed by atoms with E-state index in [0.29, 0.717) is 29.2 Å². The molecule has 2 aromatic carbocycles. The molecule has 2 aromatic heterocycles. The van der Waals surface area contributed by atoms with E-state index in [-0.39, 0.29) is 0 Å². The molecule has 0 aliphatic rings. The van der Waals surface area contributed by atoms with Crippen LogP contribution >= 0.6 is 0 Å². The predicted molar refractivity (Wildman–Crippen MR) is 109 cm³/mol. The Hall–Kier alpha value is -4.11. The van der Waals surface area contributed by atoms with Gasteiger partial charge in [-0.3, -0.25) is 0 Å². The van der Waals surface area contributed by atoms with E-state index in [0.717, 1.165) is 16.6 Å². The van der Waals surface area contributed by atoms with Crippen LogP contribution < -0.4 is 0 Å². The fraction of sp³-hybridized carbons (Fsp3) is 0.0870. The maximum Gasteiger partial charge on any atom is 0.337 e. The van der Waals surface area contributed by atoms with Gasteiger partial charge in [-0.15, -0.1) is 0 Å². The van der Waals surface area contributed by atoms with Crippen molar-refractivity contribution in [3.05, 3.63) is 83.9 Å². The molecule has 2 heterocycles. The molecule has 142 valence electrons. The number of hydrogen-bond acceptors (Lipinski definition) is 5. The quantitative estimate of drug-likeness (QED) is 0.369. The van der Waals surface area contributed by atoms with Crippen molar-refractivity contribution in [2.24, 2.45) is 0 Å². The lowest BCUT2D eigenvalue weighted by atomic mass is 10.1. The Kier molecular flexibility index (Phi) is 4.95. The molecule has 0 amide bonds. The van der Waals surface area contributed by atoms with E-state index in [9.17, 15) is 10.1 Å². The number of carbonyl (C=O) groups excluding carboxylic acids is 1. The van der Waals surface area contributed by atoms with E-state index in [1.807, 2.05) is 41.0 Å². The van der Waals surface area contributed by atoms with Gasteiger partial charge in [-0.25, -0.2) is 9.78 Å². The van der Waals surface area contributed by atoms with Gasteiger partial charge in [-0.1, -0.05) is 24.3 Å². The number of nitrogens with zero attached hydrogens (tertiary/aromatic N) is 3. The first-order chi connectivity index (χ1) is 14.2. The van der Waals surface area contributed by atoms with Crippen LogP contribution in [0.5, 0.6) is 0 Å². The number of nitriles is 1. The molecule has 0 bridgehead atoms. The first kappa shape index (κ1) is 18.3. The molecule has 0 N–H and O–H groups in total. The van der Waals surface area contributed by atoms with Crippen LogP contribution in [0.3, 0.4) is 0 Å². The smallest absolute Gasteiger partial charge is 0.337 e. The molecular weight excluding hydrogens is 366 g/mol. The number of ether oxygens (including phenoxy) is 1. The summed E-state index contributed by atoms with van der Waals surface area (Å²) in [6.45, 7) is 0.394. The lowest BCUT2D eigenvalue weighted by Gasteiger charge is -2.03. The van der Waals surface area contributed by atoms with Crippen LogP contribution in [0.4, 0.5) is 0 Å². The van der Waals surface area contributed by atoms with Crippen molar-refractivity contribution >= 4 is 23.1 Å². The molecule has 0 radical (unpaired) electrons. The highest BCUT2D eigenvalue weighted by Crippen LogP contribution is 2.25. The molecule has 4 aromatic rings. The van der Waals surface area contributed by atoms with E-state index in [4.69, 9.17) is 9.15 Å². The van der Waals surface area contributed by atoms with Gasteiger partial charge in [0.1, 0.15) is 11.5 Å². The molecule has 0 saturated heterocycles. The first-order valence-electron chi connectivity index (χ1n) is 8.97. The minimum absolute atomic E-state index is 0.394. The number of carbonyl (C=O) groups is 1. The molecule has 6 heteroatoms. The first-order valence-corrected chi connectivity index (χ1v) is 8.97. The molecule has 4 rings (SSSR count). The fourth-order valence-electron chi connectivity index (χ4n) is 3.11. The summed E-state index contributed by atoms with van der Waals surface area (Å²) in [5.74, 6) is 0.759. The highest BCUT2D eigenvalue weighted by atomic mass is 16.5. The second kappa shape index (κ2) is 7.87. The standard InChI is InChI=1S/C23H17N3O3/c1-28-23(27)18-6-4-5-17(12-18)22-10-9-19(29-22)11-16(13-24)14-26-15-25-20-7-2-3-8-21(20)26/h2-12,15H,14H2,1H3/b16-11-. The Morgan fingerprint density at radius 1 is 1.21 bits per heavy atom. The summed E-state index contributed by atoms with van der Waals surface area (Å²) in [6, 6.07) is 20.6. The SMILES string of the molecule is COC(=O)c1cccc(-c2ccc(/C=C(/C#N)Cn3cnc4ccccc43)o2)c1. The molecule has 0 aliphatic carbocycles. The van der Waals surface area contributed by atoms with Crippen LogP contribution in [0.2, 0.25) is 0 Å². The van der Waals surface area contributed by atoms with Crippen LogP contribution in [0.25, 0.3) is 28.4 Å². The summed E-state index contributed by atoms with van der Waals surface area (Å²) < 4.78 is 12.6. The predicted octanol–water partition coefficient (Wildman–Crippen LogP) is 4.69. The Bertz CT molecular complexity index is 1260. The van der Waals surface area contributed by atoms with Crippen LogP contribution in [0.15, 0.2) is 77.0 Å². The third-order valence-corrected chi connectivity index (χ3v) is 4.52. The summed E-state index contributed by atoms with van der Waals surface area (Å²) in [6.07, 6.45) is 3.43. The summed E-state index contributed by atoms with van der Waals surface area (Å²) in [4.78, 5) is 16.1. The number of benzene rings is 2. The van der Waals surface area contributed by atoms with E-state index < -0.39 is 5.97 Å². The van der Waals surface area contributed by atoms with Crippen LogP contribution in [-0.4, -0.2) is 22.6 Å². The normalized spacial score (nSPS) is 11.4. The van der Waals surface area contributed by atoms with Gasteiger partial charge in [0.25, 0.3) is 0 Å². The summed E-state index contributed by atoms with van der Waals surface area (Å²) in [5, 5.41) is 9.56. The molecule has 6 nitrogen and oxygen atoms in total. The number of hydrogen-bond donors (Lipinski definition) is 0. The summed E-state index contributed by atoms with van der Waals surface area (Å²) in [5.41, 5.74) is 3.59. The molecule has 29 heavy (non-hydrogen) atoms. The molecular formula is C23H17N3O3. The molecule has 0 aliphatic heterocycles. The monoisotopic (exact) mass is 383 g/mol. The number of furan rings is 1. The number of rotatable bonds is 5. The van der Waals surface area contributed by atoms with Crippen molar-refractivity contribution in [2.75, 3.05) is 7.11 Å². The van der Waals surface area contributed by atoms with Crippen molar-refractivity contribution in [1.82, 2.24) is 9.55 Å². The van der Waals surface area contributed by atoms with Gasteiger partial charge in [0.05, 0.1) is 48.2 Å². The van der Waals surface area contributed by atoms with Gasteiger partial charge in [0, 0.05) is 5.56 Å². The zero-order valence-corrected chi connectivity index (χ0v) is 15.7. The largest absolute Gasteiger partial charge is 0.465 e. The topological polar surface area (TPSA) is 81.0 Å². The third kappa shape index (κ3) is 3.80. The van der Waals surface area contributed by atoms with E-state index in [1.165, 1.54) is 7.11 Å². The van der Waals surface area contributed by atoms with Crippen molar-refractivity contribution in [3.63, 3.8) is 0 Å². The van der Waals surface area contributed by atoms with Gasteiger partial charge >= 0.3 is 5.97 Å². The van der Waals surface area contributed by atoms with Crippen molar-refractivity contribution in [2.45, 2.75) is 6.54 Å². The van der Waals surface area contributed by atoms with Crippen LogP contribution in [0, 0.1) is 11.3 Å². The van der Waals surface area contributed by atoms with E-state index in [2.05, 4.69) is 11.1 Å². The van der Waals surface area contributed by atoms with Crippen molar-refractivity contribution in [1.29, 1.82) is 5.26 Å². The summed E-state index contributed by atoms with van der Waals surface area (Å²) in [7, 11) is 1.34. The Morgan fingerprint density at radius 3 is 2.90 bits per heavy atom. The van der Waals surface area contributed by atoms with Gasteiger partial charge in [-0.05, 0) is 42.5 Å². The minimum atomic E-state index is -0.405. The maximum atomic E-state index is 11.7. The molecule has 0 fully saturated rings. The molecule has 0 saturated carbocycles. The number of allylic oxidation sites excluding steroid dienone is 1. The number of imidazole rings is 1. The highest BCUT2D eigenvalue weighted by Gasteiger charge is 2.10. The molecule has 0 atom stereocenters.